The van der Waals surface area contributed by atoms with Crippen LogP contribution in [0.5, 0.6) is 5.75 Å². The number of aliphatic carboxylic acids is 1. The van der Waals surface area contributed by atoms with Gasteiger partial charge < -0.3 is 9.84 Å². The Labute approximate surface area is 115 Å². The van der Waals surface area contributed by atoms with Crippen LogP contribution in [0.2, 0.25) is 0 Å². The van der Waals surface area contributed by atoms with Gasteiger partial charge in [-0.15, -0.1) is 0 Å². The van der Waals surface area contributed by atoms with E-state index < -0.39 is 5.97 Å². The summed E-state index contributed by atoms with van der Waals surface area (Å²) in [6, 6.07) is 6.37. The number of aryl methyl sites for hydroxylation is 2. The molecule has 0 unspecified atom stereocenters. The van der Waals surface area contributed by atoms with Gasteiger partial charge in [0.25, 0.3) is 0 Å². The molecule has 0 aliphatic heterocycles. The van der Waals surface area contributed by atoms with Gasteiger partial charge in [-0.25, -0.2) is 0 Å². The van der Waals surface area contributed by atoms with E-state index in [0.717, 1.165) is 31.4 Å². The van der Waals surface area contributed by atoms with Crippen LogP contribution in [0.25, 0.3) is 0 Å². The van der Waals surface area contributed by atoms with Crippen molar-refractivity contribution in [3.05, 3.63) is 29.3 Å². The van der Waals surface area contributed by atoms with Crippen LogP contribution in [-0.4, -0.2) is 18.2 Å². The van der Waals surface area contributed by atoms with E-state index in [2.05, 4.69) is 25.1 Å². The second-order valence-electron chi connectivity index (χ2n) is 4.89. The van der Waals surface area contributed by atoms with Crippen LogP contribution in [0.3, 0.4) is 0 Å². The molecule has 0 radical (unpaired) electrons. The quantitative estimate of drug-likeness (QED) is 0.689. The summed E-state index contributed by atoms with van der Waals surface area (Å²) in [6.07, 6.45) is 6.27. The number of ether oxygens (including phenoxy) is 1. The Hall–Kier alpha value is -1.51. The highest BCUT2D eigenvalue weighted by atomic mass is 16.5. The van der Waals surface area contributed by atoms with Crippen LogP contribution in [0.1, 0.15) is 50.2 Å². The van der Waals surface area contributed by atoms with Gasteiger partial charge in [-0.3, -0.25) is 4.79 Å². The number of hydrogen-bond donors (Lipinski definition) is 1. The van der Waals surface area contributed by atoms with Gasteiger partial charge in [0.1, 0.15) is 5.75 Å². The molecule has 1 aromatic rings. The van der Waals surface area contributed by atoms with E-state index in [1.807, 2.05) is 0 Å². The van der Waals surface area contributed by atoms with Crippen molar-refractivity contribution in [3.8, 4) is 5.75 Å². The summed E-state index contributed by atoms with van der Waals surface area (Å²) in [5.41, 5.74) is 2.56. The smallest absolute Gasteiger partial charge is 0.303 e. The normalized spacial score (nSPS) is 10.4. The molecule has 0 spiro atoms. The summed E-state index contributed by atoms with van der Waals surface area (Å²) in [7, 11) is 1.69. The fraction of sp³-hybridized carbons (Fsp3) is 0.562. The van der Waals surface area contributed by atoms with Crippen molar-refractivity contribution in [1.29, 1.82) is 0 Å². The molecular formula is C16H24O3. The Morgan fingerprint density at radius 2 is 1.74 bits per heavy atom. The molecule has 0 atom stereocenters. The van der Waals surface area contributed by atoms with E-state index in [1.54, 1.807) is 7.11 Å². The van der Waals surface area contributed by atoms with E-state index in [9.17, 15) is 4.79 Å². The van der Waals surface area contributed by atoms with Gasteiger partial charge in [0.05, 0.1) is 7.11 Å². The van der Waals surface area contributed by atoms with Gasteiger partial charge in [0.2, 0.25) is 0 Å². The molecule has 1 N–H and O–H groups in total. The van der Waals surface area contributed by atoms with Crippen molar-refractivity contribution in [3.63, 3.8) is 0 Å². The molecule has 19 heavy (non-hydrogen) atoms. The summed E-state index contributed by atoms with van der Waals surface area (Å²) in [6.45, 7) is 2.19. The average Bonchev–Trinajstić information content (AvgIpc) is 2.41. The van der Waals surface area contributed by atoms with Gasteiger partial charge in [-0.05, 0) is 55.4 Å². The first kappa shape index (κ1) is 15.5. The molecule has 106 valence electrons. The van der Waals surface area contributed by atoms with Gasteiger partial charge in [-0.2, -0.15) is 0 Å². The van der Waals surface area contributed by atoms with Gasteiger partial charge in [-0.1, -0.05) is 19.4 Å². The molecule has 0 saturated carbocycles. The van der Waals surface area contributed by atoms with Gasteiger partial charge in [0.15, 0.2) is 0 Å². The van der Waals surface area contributed by atoms with Crippen LogP contribution in [0.15, 0.2) is 18.2 Å². The van der Waals surface area contributed by atoms with Crippen molar-refractivity contribution in [1.82, 2.24) is 0 Å². The summed E-state index contributed by atoms with van der Waals surface area (Å²) < 4.78 is 5.33. The van der Waals surface area contributed by atoms with Gasteiger partial charge >= 0.3 is 5.97 Å². The molecule has 0 fully saturated rings. The highest BCUT2D eigenvalue weighted by Gasteiger charge is 2.03. The van der Waals surface area contributed by atoms with Crippen LogP contribution >= 0.6 is 0 Å². The molecule has 1 aromatic carbocycles. The third-order valence-electron chi connectivity index (χ3n) is 3.19. The zero-order valence-corrected chi connectivity index (χ0v) is 11.9. The number of carbonyl (C=O) groups is 1. The molecule has 0 bridgehead atoms. The first-order chi connectivity index (χ1) is 9.15. The van der Waals surface area contributed by atoms with E-state index in [4.69, 9.17) is 9.84 Å². The number of carboxylic acid groups (broad SMARTS) is 1. The maximum atomic E-state index is 10.5. The Bertz CT molecular complexity index is 399. The zero-order chi connectivity index (χ0) is 14.1. The number of unbranched alkanes of at least 4 members (excludes halogenated alkanes) is 2. The molecule has 3 nitrogen and oxygen atoms in total. The molecule has 0 aromatic heterocycles. The lowest BCUT2D eigenvalue weighted by molar-refractivity contribution is -0.137. The monoisotopic (exact) mass is 264 g/mol. The van der Waals surface area contributed by atoms with Crippen molar-refractivity contribution in [2.24, 2.45) is 0 Å². The van der Waals surface area contributed by atoms with Crippen molar-refractivity contribution < 1.29 is 14.6 Å². The molecule has 0 heterocycles. The van der Waals surface area contributed by atoms with E-state index >= 15 is 0 Å². The average molecular weight is 264 g/mol. The van der Waals surface area contributed by atoms with E-state index in [-0.39, 0.29) is 6.42 Å². The van der Waals surface area contributed by atoms with Crippen LogP contribution in [0, 0.1) is 0 Å². The summed E-state index contributed by atoms with van der Waals surface area (Å²) >= 11 is 0. The number of carboxylic acids is 1. The Morgan fingerprint density at radius 1 is 1.11 bits per heavy atom. The molecular weight excluding hydrogens is 240 g/mol. The number of hydrogen-bond acceptors (Lipinski definition) is 2. The molecule has 0 aliphatic carbocycles. The minimum absolute atomic E-state index is 0.257. The zero-order valence-electron chi connectivity index (χ0n) is 11.9. The summed E-state index contributed by atoms with van der Waals surface area (Å²) in [5.74, 6) is 0.191. The first-order valence-electron chi connectivity index (χ1n) is 7.04. The van der Waals surface area contributed by atoms with E-state index in [1.165, 1.54) is 24.0 Å². The molecule has 1 rings (SSSR count). The fourth-order valence-corrected chi connectivity index (χ4v) is 2.12. The fourth-order valence-electron chi connectivity index (χ4n) is 2.12. The number of methoxy groups -OCH3 is 1. The molecule has 0 saturated heterocycles. The van der Waals surface area contributed by atoms with Gasteiger partial charge in [0, 0.05) is 6.42 Å². The second-order valence-corrected chi connectivity index (χ2v) is 4.89. The van der Waals surface area contributed by atoms with Crippen molar-refractivity contribution in [2.75, 3.05) is 7.11 Å². The molecule has 3 heteroatoms. The number of benzene rings is 1. The minimum Gasteiger partial charge on any atom is -0.497 e. The largest absolute Gasteiger partial charge is 0.497 e. The van der Waals surface area contributed by atoms with Crippen LogP contribution in [-0.2, 0) is 17.6 Å². The SMILES string of the molecule is CCCCc1cc(CCCCC(=O)O)cc(OC)c1. The highest BCUT2D eigenvalue weighted by Crippen LogP contribution is 2.20. The predicted octanol–water partition coefficient (Wildman–Crippen LogP) is 3.84. The van der Waals surface area contributed by atoms with E-state index in [0.29, 0.717) is 0 Å². The topological polar surface area (TPSA) is 46.5 Å². The third-order valence-corrected chi connectivity index (χ3v) is 3.19. The summed E-state index contributed by atoms with van der Waals surface area (Å²) in [4.78, 5) is 10.5. The Balaban J connectivity index is 2.57. The first-order valence-corrected chi connectivity index (χ1v) is 7.04. The predicted molar refractivity (Wildman–Crippen MR) is 76.8 cm³/mol. The highest BCUT2D eigenvalue weighted by molar-refractivity contribution is 5.66. The number of rotatable bonds is 9. The maximum Gasteiger partial charge on any atom is 0.303 e. The Morgan fingerprint density at radius 3 is 2.26 bits per heavy atom. The molecule has 0 amide bonds. The lowest BCUT2D eigenvalue weighted by atomic mass is 10.0. The van der Waals surface area contributed by atoms with Crippen LogP contribution < -0.4 is 4.74 Å². The summed E-state index contributed by atoms with van der Waals surface area (Å²) in [5, 5.41) is 8.61. The standard InChI is InChI=1S/C16H24O3/c1-3-4-7-13-10-14(12-15(11-13)19-2)8-5-6-9-16(17)18/h10-12H,3-9H2,1-2H3,(H,17,18). The third kappa shape index (κ3) is 6.27. The molecule has 0 aliphatic rings. The lowest BCUT2D eigenvalue weighted by Gasteiger charge is -2.09. The second kappa shape index (κ2) is 8.57. The maximum absolute atomic E-state index is 10.5. The van der Waals surface area contributed by atoms with Crippen molar-refractivity contribution in [2.45, 2.75) is 51.9 Å². The Kier molecular flexibility index (Phi) is 7.01. The lowest BCUT2D eigenvalue weighted by Crippen LogP contribution is -1.96. The van der Waals surface area contributed by atoms with Crippen molar-refractivity contribution >= 4 is 5.97 Å². The van der Waals surface area contributed by atoms with Crippen LogP contribution in [0.4, 0.5) is 0 Å². The minimum atomic E-state index is -0.714.